The summed E-state index contributed by atoms with van der Waals surface area (Å²) in [5.41, 5.74) is 5.12. The number of alkyl halides is 2. The van der Waals surface area contributed by atoms with E-state index in [4.69, 9.17) is 22.7 Å². The number of halogens is 2. The standard InChI is InChI=1S/C8H15F2NOS/c1-8(2,7(11)13)3-4-12-5-6(9)10/h6H,3-5H2,1-2H3,(H2,11,13). The molecule has 0 bridgehead atoms. The maximum absolute atomic E-state index is 11.6. The van der Waals surface area contributed by atoms with Crippen molar-refractivity contribution in [2.45, 2.75) is 26.7 Å². The molecule has 5 heteroatoms. The number of hydrogen-bond acceptors (Lipinski definition) is 2. The van der Waals surface area contributed by atoms with Crippen molar-refractivity contribution in [2.75, 3.05) is 13.2 Å². The molecule has 0 rings (SSSR count). The lowest BCUT2D eigenvalue weighted by atomic mass is 9.90. The largest absolute Gasteiger partial charge is 0.393 e. The van der Waals surface area contributed by atoms with Gasteiger partial charge in [0.2, 0.25) is 0 Å². The molecule has 13 heavy (non-hydrogen) atoms. The Balaban J connectivity index is 3.58. The highest BCUT2D eigenvalue weighted by atomic mass is 32.1. The van der Waals surface area contributed by atoms with Crippen LogP contribution in [-0.2, 0) is 4.74 Å². The van der Waals surface area contributed by atoms with Crippen molar-refractivity contribution >= 4 is 17.2 Å². The summed E-state index contributed by atoms with van der Waals surface area (Å²) < 4.78 is 28.0. The van der Waals surface area contributed by atoms with Gasteiger partial charge in [-0.2, -0.15) is 0 Å². The van der Waals surface area contributed by atoms with E-state index < -0.39 is 13.0 Å². The summed E-state index contributed by atoms with van der Waals surface area (Å²) in [6, 6.07) is 0. The van der Waals surface area contributed by atoms with Gasteiger partial charge in [-0.15, -0.1) is 0 Å². The Morgan fingerprint density at radius 3 is 2.46 bits per heavy atom. The smallest absolute Gasteiger partial charge is 0.261 e. The van der Waals surface area contributed by atoms with Gasteiger partial charge >= 0.3 is 0 Å². The molecule has 78 valence electrons. The molecule has 0 spiro atoms. The highest BCUT2D eigenvalue weighted by Gasteiger charge is 2.20. The Bertz CT molecular complexity index is 174. The lowest BCUT2D eigenvalue weighted by Gasteiger charge is -2.22. The lowest BCUT2D eigenvalue weighted by Crippen LogP contribution is -2.31. The van der Waals surface area contributed by atoms with E-state index in [9.17, 15) is 8.78 Å². The summed E-state index contributed by atoms with van der Waals surface area (Å²) in [5.74, 6) is 0. The first-order valence-electron chi connectivity index (χ1n) is 4.02. The van der Waals surface area contributed by atoms with E-state index in [1.165, 1.54) is 0 Å². The summed E-state index contributed by atoms with van der Waals surface area (Å²) >= 11 is 4.81. The Labute approximate surface area is 82.4 Å². The highest BCUT2D eigenvalue weighted by Crippen LogP contribution is 2.20. The number of nitrogens with two attached hydrogens (primary N) is 1. The van der Waals surface area contributed by atoms with Gasteiger partial charge < -0.3 is 10.5 Å². The number of thiocarbonyl (C=S) groups is 1. The molecule has 0 aliphatic carbocycles. The van der Waals surface area contributed by atoms with Crippen molar-refractivity contribution in [3.8, 4) is 0 Å². The van der Waals surface area contributed by atoms with Gasteiger partial charge in [-0.05, 0) is 6.42 Å². The highest BCUT2D eigenvalue weighted by molar-refractivity contribution is 7.80. The third-order valence-corrected chi connectivity index (χ3v) is 2.33. The maximum Gasteiger partial charge on any atom is 0.261 e. The van der Waals surface area contributed by atoms with Crippen LogP contribution in [0, 0.1) is 5.41 Å². The van der Waals surface area contributed by atoms with Gasteiger partial charge in [0.15, 0.2) is 0 Å². The third-order valence-electron chi connectivity index (χ3n) is 1.78. The van der Waals surface area contributed by atoms with Crippen LogP contribution in [0.15, 0.2) is 0 Å². The van der Waals surface area contributed by atoms with Crippen LogP contribution < -0.4 is 5.73 Å². The molecule has 0 aliphatic heterocycles. The molecule has 0 fully saturated rings. The van der Waals surface area contributed by atoms with Gasteiger partial charge in [0.05, 0.1) is 4.99 Å². The predicted molar refractivity (Wildman–Crippen MR) is 52.0 cm³/mol. The van der Waals surface area contributed by atoms with Crippen LogP contribution in [0.1, 0.15) is 20.3 Å². The predicted octanol–water partition coefficient (Wildman–Crippen LogP) is 1.97. The fraction of sp³-hybridized carbons (Fsp3) is 0.875. The average Bonchev–Trinajstić information content (AvgIpc) is 1.97. The van der Waals surface area contributed by atoms with E-state index >= 15 is 0 Å². The van der Waals surface area contributed by atoms with E-state index in [-0.39, 0.29) is 12.0 Å². The molecule has 0 atom stereocenters. The van der Waals surface area contributed by atoms with Crippen molar-refractivity contribution in [2.24, 2.45) is 11.1 Å². The van der Waals surface area contributed by atoms with E-state index in [1.807, 2.05) is 13.8 Å². The first-order valence-corrected chi connectivity index (χ1v) is 4.43. The van der Waals surface area contributed by atoms with E-state index in [0.29, 0.717) is 11.4 Å². The fourth-order valence-electron chi connectivity index (χ4n) is 0.623. The zero-order valence-corrected chi connectivity index (χ0v) is 8.66. The van der Waals surface area contributed by atoms with Crippen molar-refractivity contribution in [1.82, 2.24) is 0 Å². The van der Waals surface area contributed by atoms with Crippen molar-refractivity contribution in [1.29, 1.82) is 0 Å². The van der Waals surface area contributed by atoms with Crippen LogP contribution in [0.5, 0.6) is 0 Å². The van der Waals surface area contributed by atoms with Crippen LogP contribution in [0.3, 0.4) is 0 Å². The molecule has 0 saturated heterocycles. The molecule has 2 N–H and O–H groups in total. The van der Waals surface area contributed by atoms with E-state index in [1.54, 1.807) is 0 Å². The Morgan fingerprint density at radius 2 is 2.08 bits per heavy atom. The Morgan fingerprint density at radius 1 is 1.54 bits per heavy atom. The van der Waals surface area contributed by atoms with E-state index in [0.717, 1.165) is 0 Å². The van der Waals surface area contributed by atoms with Gasteiger partial charge in [0.25, 0.3) is 6.43 Å². The maximum atomic E-state index is 11.6. The minimum absolute atomic E-state index is 0.259. The number of ether oxygens (including phenoxy) is 1. The van der Waals surface area contributed by atoms with Gasteiger partial charge in [0.1, 0.15) is 6.61 Å². The normalized spacial score (nSPS) is 12.1. The topological polar surface area (TPSA) is 35.2 Å². The quantitative estimate of drug-likeness (QED) is 0.539. The molecule has 0 amide bonds. The first-order chi connectivity index (χ1) is 5.86. The minimum atomic E-state index is -2.41. The molecular weight excluding hydrogens is 196 g/mol. The zero-order chi connectivity index (χ0) is 10.5. The minimum Gasteiger partial charge on any atom is -0.393 e. The van der Waals surface area contributed by atoms with Crippen LogP contribution in [0.25, 0.3) is 0 Å². The average molecular weight is 211 g/mol. The zero-order valence-electron chi connectivity index (χ0n) is 7.85. The summed E-state index contributed by atoms with van der Waals surface area (Å²) in [5, 5.41) is 0. The molecule has 0 aromatic rings. The van der Waals surface area contributed by atoms with Crippen LogP contribution in [0.2, 0.25) is 0 Å². The number of hydrogen-bond donors (Lipinski definition) is 1. The Hall–Kier alpha value is -0.290. The van der Waals surface area contributed by atoms with Crippen molar-refractivity contribution < 1.29 is 13.5 Å². The summed E-state index contributed by atoms with van der Waals surface area (Å²) in [6.07, 6.45) is -1.84. The SMILES string of the molecule is CC(C)(CCOCC(F)F)C(N)=S. The first kappa shape index (κ1) is 12.7. The Kier molecular flexibility index (Phi) is 5.32. The molecule has 0 aromatic carbocycles. The van der Waals surface area contributed by atoms with E-state index in [2.05, 4.69) is 0 Å². The second-order valence-electron chi connectivity index (χ2n) is 3.46. The summed E-state index contributed by atoms with van der Waals surface area (Å²) in [7, 11) is 0. The van der Waals surface area contributed by atoms with Crippen molar-refractivity contribution in [3.63, 3.8) is 0 Å². The van der Waals surface area contributed by atoms with Gasteiger partial charge in [0, 0.05) is 12.0 Å². The number of rotatable bonds is 6. The summed E-state index contributed by atoms with van der Waals surface area (Å²) in [4.78, 5) is 0.383. The second-order valence-corrected chi connectivity index (χ2v) is 3.90. The second kappa shape index (κ2) is 5.44. The molecule has 0 saturated carbocycles. The fourth-order valence-corrected chi connectivity index (χ4v) is 0.725. The molecule has 0 heterocycles. The summed E-state index contributed by atoms with van der Waals surface area (Å²) in [6.45, 7) is 3.46. The van der Waals surface area contributed by atoms with Gasteiger partial charge in [-0.25, -0.2) is 8.78 Å². The third kappa shape index (κ3) is 5.87. The molecule has 0 radical (unpaired) electrons. The lowest BCUT2D eigenvalue weighted by molar-refractivity contribution is 0.0119. The van der Waals surface area contributed by atoms with Gasteiger partial charge in [-0.3, -0.25) is 0 Å². The molecule has 2 nitrogen and oxygen atoms in total. The van der Waals surface area contributed by atoms with Crippen molar-refractivity contribution in [3.05, 3.63) is 0 Å². The van der Waals surface area contributed by atoms with Crippen LogP contribution in [-0.4, -0.2) is 24.6 Å². The van der Waals surface area contributed by atoms with Gasteiger partial charge in [-0.1, -0.05) is 26.1 Å². The monoisotopic (exact) mass is 211 g/mol. The molecule has 0 unspecified atom stereocenters. The van der Waals surface area contributed by atoms with Crippen LogP contribution >= 0.6 is 12.2 Å². The van der Waals surface area contributed by atoms with Crippen LogP contribution in [0.4, 0.5) is 8.78 Å². The molecule has 0 aliphatic rings. The molecular formula is C8H15F2NOS. The molecule has 0 aromatic heterocycles.